The Kier molecular flexibility index (Phi) is 5.61. The number of rotatable bonds is 6. The lowest BCUT2D eigenvalue weighted by atomic mass is 10.1. The average molecular weight is 404 g/mol. The van der Waals surface area contributed by atoms with Gasteiger partial charge in [0, 0.05) is 0 Å². The van der Waals surface area contributed by atoms with E-state index < -0.39 is 18.0 Å². The van der Waals surface area contributed by atoms with E-state index in [4.69, 9.17) is 14.2 Å². The zero-order chi connectivity index (χ0) is 21.1. The Balaban J connectivity index is 1.36. The van der Waals surface area contributed by atoms with Gasteiger partial charge in [0.2, 0.25) is 0 Å². The second-order valence-corrected chi connectivity index (χ2v) is 6.99. The number of hydrogen-bond acceptors (Lipinski definition) is 6. The fourth-order valence-corrected chi connectivity index (χ4v) is 2.88. The highest BCUT2D eigenvalue weighted by atomic mass is 16.6. The molecule has 0 bridgehead atoms. The van der Waals surface area contributed by atoms with E-state index in [9.17, 15) is 14.7 Å². The van der Waals surface area contributed by atoms with Crippen LogP contribution < -0.4 is 9.47 Å². The zero-order valence-electron chi connectivity index (χ0n) is 16.3. The molecule has 3 aromatic rings. The summed E-state index contributed by atoms with van der Waals surface area (Å²) in [6.45, 7) is 2.38. The van der Waals surface area contributed by atoms with Crippen molar-refractivity contribution in [3.8, 4) is 11.5 Å². The van der Waals surface area contributed by atoms with Gasteiger partial charge in [-0.15, -0.1) is 0 Å². The fraction of sp³-hybridized carbons (Fsp3) is 0.167. The van der Waals surface area contributed by atoms with Gasteiger partial charge in [0.15, 0.2) is 0 Å². The molecule has 0 amide bonds. The minimum Gasteiger partial charge on any atom is -0.423 e. The third-order valence-electron chi connectivity index (χ3n) is 4.73. The molecule has 1 heterocycles. The first-order valence-electron chi connectivity index (χ1n) is 9.53. The van der Waals surface area contributed by atoms with Gasteiger partial charge in [-0.1, -0.05) is 24.3 Å². The summed E-state index contributed by atoms with van der Waals surface area (Å²) in [6, 6.07) is 19.9. The standard InChI is InChI=1S/C24H20O6/c1-15(25)16-6-10-20(11-7-16)29-23(26)18-2-4-19(5-3-18)24(27)30-21-12-8-17(9-13-21)22-14-28-22/h2-13,15,22,25H,14H2,1H3. The number of aliphatic hydroxyl groups excluding tert-OH is 1. The SMILES string of the molecule is CC(O)c1ccc(OC(=O)c2ccc(C(=O)Oc3ccc(C4CO4)cc3)cc2)cc1. The van der Waals surface area contributed by atoms with Crippen LogP contribution >= 0.6 is 0 Å². The van der Waals surface area contributed by atoms with Crippen molar-refractivity contribution in [3.05, 3.63) is 95.1 Å². The summed E-state index contributed by atoms with van der Waals surface area (Å²) in [5.41, 5.74) is 2.41. The first kappa shape index (κ1) is 19.8. The van der Waals surface area contributed by atoms with Crippen LogP contribution in [0.2, 0.25) is 0 Å². The van der Waals surface area contributed by atoms with E-state index in [2.05, 4.69) is 0 Å². The molecule has 2 atom stereocenters. The molecule has 1 aliphatic rings. The number of ether oxygens (including phenoxy) is 3. The lowest BCUT2D eigenvalue weighted by Gasteiger charge is -2.08. The molecular weight excluding hydrogens is 384 g/mol. The summed E-state index contributed by atoms with van der Waals surface area (Å²) >= 11 is 0. The second-order valence-electron chi connectivity index (χ2n) is 6.99. The topological polar surface area (TPSA) is 85.4 Å². The van der Waals surface area contributed by atoms with E-state index in [0.717, 1.165) is 17.7 Å². The van der Waals surface area contributed by atoms with Crippen LogP contribution in [0.25, 0.3) is 0 Å². The first-order chi connectivity index (χ1) is 14.5. The average Bonchev–Trinajstić information content (AvgIpc) is 3.60. The molecule has 1 N–H and O–H groups in total. The zero-order valence-corrected chi connectivity index (χ0v) is 16.3. The van der Waals surface area contributed by atoms with Gasteiger partial charge in [-0.05, 0) is 66.6 Å². The predicted octanol–water partition coefficient (Wildman–Crippen LogP) is 4.25. The van der Waals surface area contributed by atoms with Crippen LogP contribution in [-0.4, -0.2) is 23.7 Å². The molecule has 3 aromatic carbocycles. The summed E-state index contributed by atoms with van der Waals surface area (Å²) < 4.78 is 15.9. The highest BCUT2D eigenvalue weighted by Crippen LogP contribution is 2.30. The number of carbonyl (C=O) groups excluding carboxylic acids is 2. The van der Waals surface area contributed by atoms with Gasteiger partial charge >= 0.3 is 11.9 Å². The van der Waals surface area contributed by atoms with Crippen molar-refractivity contribution < 1.29 is 28.9 Å². The summed E-state index contributed by atoms with van der Waals surface area (Å²) in [4.78, 5) is 24.6. The Bertz CT molecular complexity index is 954. The van der Waals surface area contributed by atoms with Crippen molar-refractivity contribution in [2.24, 2.45) is 0 Å². The number of benzene rings is 3. The van der Waals surface area contributed by atoms with Crippen molar-refractivity contribution in [2.45, 2.75) is 19.1 Å². The molecule has 2 unspecified atom stereocenters. The molecular formula is C24H20O6. The monoisotopic (exact) mass is 404 g/mol. The van der Waals surface area contributed by atoms with E-state index in [1.54, 1.807) is 43.3 Å². The number of aliphatic hydroxyl groups is 1. The molecule has 6 heteroatoms. The number of hydrogen-bond donors (Lipinski definition) is 1. The Hall–Kier alpha value is -3.48. The van der Waals surface area contributed by atoms with Crippen LogP contribution in [0, 0.1) is 0 Å². The third-order valence-corrected chi connectivity index (χ3v) is 4.73. The number of esters is 2. The van der Waals surface area contributed by atoms with E-state index in [-0.39, 0.29) is 6.10 Å². The van der Waals surface area contributed by atoms with E-state index >= 15 is 0 Å². The molecule has 152 valence electrons. The van der Waals surface area contributed by atoms with Crippen LogP contribution in [0.15, 0.2) is 72.8 Å². The molecule has 1 saturated heterocycles. The van der Waals surface area contributed by atoms with Crippen LogP contribution in [0.4, 0.5) is 0 Å². The van der Waals surface area contributed by atoms with Crippen molar-refractivity contribution in [2.75, 3.05) is 6.61 Å². The van der Waals surface area contributed by atoms with Crippen LogP contribution in [0.5, 0.6) is 11.5 Å². The first-order valence-corrected chi connectivity index (χ1v) is 9.53. The summed E-state index contributed by atoms with van der Waals surface area (Å²) in [6.07, 6.45) is -0.439. The molecule has 0 saturated carbocycles. The van der Waals surface area contributed by atoms with Crippen molar-refractivity contribution in [1.29, 1.82) is 0 Å². The van der Waals surface area contributed by atoms with Crippen LogP contribution in [-0.2, 0) is 4.74 Å². The molecule has 6 nitrogen and oxygen atoms in total. The van der Waals surface area contributed by atoms with Gasteiger partial charge in [0.1, 0.15) is 17.6 Å². The molecule has 0 aromatic heterocycles. The molecule has 0 spiro atoms. The Morgan fingerprint density at radius 3 is 1.67 bits per heavy atom. The van der Waals surface area contributed by atoms with Gasteiger partial charge in [-0.25, -0.2) is 9.59 Å². The summed E-state index contributed by atoms with van der Waals surface area (Å²) in [5.74, 6) is -0.252. The van der Waals surface area contributed by atoms with E-state index in [1.165, 1.54) is 24.3 Å². The van der Waals surface area contributed by atoms with Gasteiger partial charge in [-0.2, -0.15) is 0 Å². The van der Waals surface area contributed by atoms with Crippen molar-refractivity contribution >= 4 is 11.9 Å². The molecule has 0 aliphatic carbocycles. The minimum atomic E-state index is -0.591. The molecule has 4 rings (SSSR count). The highest BCUT2D eigenvalue weighted by Gasteiger charge is 2.24. The minimum absolute atomic E-state index is 0.151. The summed E-state index contributed by atoms with van der Waals surface area (Å²) in [7, 11) is 0. The van der Waals surface area contributed by atoms with E-state index in [0.29, 0.717) is 22.6 Å². The highest BCUT2D eigenvalue weighted by molar-refractivity contribution is 5.94. The predicted molar refractivity (Wildman–Crippen MR) is 109 cm³/mol. The van der Waals surface area contributed by atoms with Crippen LogP contribution in [0.3, 0.4) is 0 Å². The lowest BCUT2D eigenvalue weighted by molar-refractivity contribution is 0.0720. The largest absolute Gasteiger partial charge is 0.423 e. The maximum Gasteiger partial charge on any atom is 0.343 e. The molecule has 1 fully saturated rings. The Morgan fingerprint density at radius 2 is 1.27 bits per heavy atom. The molecule has 0 radical (unpaired) electrons. The maximum absolute atomic E-state index is 12.3. The smallest absolute Gasteiger partial charge is 0.343 e. The Morgan fingerprint density at radius 1 is 0.833 bits per heavy atom. The summed E-state index contributed by atoms with van der Waals surface area (Å²) in [5, 5.41) is 9.52. The maximum atomic E-state index is 12.3. The molecule has 1 aliphatic heterocycles. The fourth-order valence-electron chi connectivity index (χ4n) is 2.88. The lowest BCUT2D eigenvalue weighted by Crippen LogP contribution is -2.11. The van der Waals surface area contributed by atoms with Crippen molar-refractivity contribution in [1.82, 2.24) is 0 Å². The number of carbonyl (C=O) groups is 2. The quantitative estimate of drug-likeness (QED) is 0.376. The molecule has 30 heavy (non-hydrogen) atoms. The Labute approximate surface area is 173 Å². The van der Waals surface area contributed by atoms with Gasteiger partial charge in [0.05, 0.1) is 23.8 Å². The number of epoxide rings is 1. The van der Waals surface area contributed by atoms with E-state index in [1.807, 2.05) is 12.1 Å². The van der Waals surface area contributed by atoms with Gasteiger partial charge in [-0.3, -0.25) is 0 Å². The third kappa shape index (κ3) is 4.74. The normalized spacial score (nSPS) is 15.9. The van der Waals surface area contributed by atoms with Gasteiger partial charge in [0.25, 0.3) is 0 Å². The second kappa shape index (κ2) is 8.49. The van der Waals surface area contributed by atoms with Crippen molar-refractivity contribution in [3.63, 3.8) is 0 Å². The van der Waals surface area contributed by atoms with Crippen LogP contribution in [0.1, 0.15) is 51.0 Å². The van der Waals surface area contributed by atoms with Gasteiger partial charge < -0.3 is 19.3 Å².